The van der Waals surface area contributed by atoms with Gasteiger partial charge < -0.3 is 5.32 Å². The van der Waals surface area contributed by atoms with Gasteiger partial charge in [0.25, 0.3) is 0 Å². The van der Waals surface area contributed by atoms with Crippen LogP contribution < -0.4 is 5.32 Å². The van der Waals surface area contributed by atoms with E-state index >= 15 is 0 Å². The molecule has 104 valence electrons. The molecule has 20 heavy (non-hydrogen) atoms. The first-order valence-corrected chi connectivity index (χ1v) is 6.88. The molecule has 1 fully saturated rings. The fourth-order valence-electron chi connectivity index (χ4n) is 2.58. The van der Waals surface area contributed by atoms with E-state index in [2.05, 4.69) is 25.5 Å². The highest BCUT2D eigenvalue weighted by Gasteiger charge is 2.19. The van der Waals surface area contributed by atoms with Gasteiger partial charge in [0.05, 0.1) is 0 Å². The van der Waals surface area contributed by atoms with Crippen LogP contribution in [0.15, 0.2) is 18.3 Å². The van der Waals surface area contributed by atoms with E-state index in [1.165, 1.54) is 38.3 Å². The van der Waals surface area contributed by atoms with Gasteiger partial charge in [-0.25, -0.2) is 9.97 Å². The van der Waals surface area contributed by atoms with Crippen molar-refractivity contribution in [1.82, 2.24) is 20.2 Å². The number of H-pyrrole nitrogens is 1. The number of anilines is 2. The van der Waals surface area contributed by atoms with Crippen molar-refractivity contribution in [3.63, 3.8) is 0 Å². The van der Waals surface area contributed by atoms with Crippen LogP contribution in [-0.2, 0) is 0 Å². The molecule has 0 unspecified atom stereocenters. The zero-order chi connectivity index (χ0) is 13.9. The van der Waals surface area contributed by atoms with E-state index < -0.39 is 0 Å². The van der Waals surface area contributed by atoms with Crippen molar-refractivity contribution >= 4 is 17.4 Å². The minimum atomic E-state index is -0.151. The second-order valence-corrected chi connectivity index (χ2v) is 5.14. The summed E-state index contributed by atoms with van der Waals surface area (Å²) in [6.45, 7) is 1.45. The van der Waals surface area contributed by atoms with Crippen molar-refractivity contribution in [3.8, 4) is 0 Å². The number of aromatic nitrogens is 4. The van der Waals surface area contributed by atoms with E-state index in [1.54, 1.807) is 12.3 Å². The zero-order valence-electron chi connectivity index (χ0n) is 11.4. The van der Waals surface area contributed by atoms with Crippen LogP contribution in [0.3, 0.4) is 0 Å². The molecule has 2 aromatic heterocycles. The molecule has 3 rings (SSSR count). The SMILES string of the molecule is CC(=O)c1nccc(Nc2cc(C3CCCC3)[nH]n2)n1. The van der Waals surface area contributed by atoms with Crippen LogP contribution in [0, 0.1) is 0 Å². The number of hydrogen-bond donors (Lipinski definition) is 2. The molecule has 1 aliphatic rings. The number of rotatable bonds is 4. The van der Waals surface area contributed by atoms with Gasteiger partial charge in [-0.15, -0.1) is 0 Å². The fraction of sp³-hybridized carbons (Fsp3) is 0.429. The lowest BCUT2D eigenvalue weighted by atomic mass is 10.0. The minimum Gasteiger partial charge on any atom is -0.323 e. The number of ketones is 1. The molecule has 1 aliphatic carbocycles. The molecule has 6 nitrogen and oxygen atoms in total. The molecular weight excluding hydrogens is 254 g/mol. The molecular formula is C14H17N5O. The summed E-state index contributed by atoms with van der Waals surface area (Å²) >= 11 is 0. The molecule has 0 atom stereocenters. The maximum atomic E-state index is 11.3. The Labute approximate surface area is 117 Å². The number of nitrogens with one attached hydrogen (secondary N) is 2. The Balaban J connectivity index is 1.74. The van der Waals surface area contributed by atoms with Crippen molar-refractivity contribution in [3.05, 3.63) is 29.8 Å². The molecule has 0 bridgehead atoms. The molecule has 2 aromatic rings. The molecule has 0 saturated heterocycles. The monoisotopic (exact) mass is 271 g/mol. The number of aromatic amines is 1. The maximum Gasteiger partial charge on any atom is 0.197 e. The quantitative estimate of drug-likeness (QED) is 0.835. The number of hydrogen-bond acceptors (Lipinski definition) is 5. The Kier molecular flexibility index (Phi) is 3.45. The van der Waals surface area contributed by atoms with Gasteiger partial charge >= 0.3 is 0 Å². The average Bonchev–Trinajstić information content (AvgIpc) is 3.09. The lowest BCUT2D eigenvalue weighted by Crippen LogP contribution is -2.03. The molecule has 0 aliphatic heterocycles. The summed E-state index contributed by atoms with van der Waals surface area (Å²) in [5, 5.41) is 10.4. The van der Waals surface area contributed by atoms with Crippen LogP contribution in [-0.4, -0.2) is 25.9 Å². The molecule has 0 spiro atoms. The second kappa shape index (κ2) is 5.40. The van der Waals surface area contributed by atoms with Crippen LogP contribution in [0.25, 0.3) is 0 Å². The highest BCUT2D eigenvalue weighted by molar-refractivity contribution is 5.90. The van der Waals surface area contributed by atoms with E-state index in [1.807, 2.05) is 6.07 Å². The molecule has 0 aromatic carbocycles. The molecule has 6 heteroatoms. The van der Waals surface area contributed by atoms with Crippen molar-refractivity contribution in [2.45, 2.75) is 38.5 Å². The van der Waals surface area contributed by atoms with Crippen LogP contribution >= 0.6 is 0 Å². The zero-order valence-corrected chi connectivity index (χ0v) is 11.4. The topological polar surface area (TPSA) is 83.6 Å². The van der Waals surface area contributed by atoms with Crippen molar-refractivity contribution < 1.29 is 4.79 Å². The van der Waals surface area contributed by atoms with Gasteiger partial charge in [-0.05, 0) is 18.9 Å². The fourth-order valence-corrected chi connectivity index (χ4v) is 2.58. The van der Waals surface area contributed by atoms with Crippen LogP contribution in [0.2, 0.25) is 0 Å². The van der Waals surface area contributed by atoms with Gasteiger partial charge in [-0.2, -0.15) is 5.10 Å². The first-order valence-electron chi connectivity index (χ1n) is 6.88. The van der Waals surface area contributed by atoms with Crippen molar-refractivity contribution in [2.75, 3.05) is 5.32 Å². The number of carbonyl (C=O) groups excluding carboxylic acids is 1. The summed E-state index contributed by atoms with van der Waals surface area (Å²) in [5.74, 6) is 1.95. The van der Waals surface area contributed by atoms with Gasteiger partial charge in [-0.1, -0.05) is 12.8 Å². The Morgan fingerprint density at radius 3 is 2.90 bits per heavy atom. The van der Waals surface area contributed by atoms with E-state index in [9.17, 15) is 4.79 Å². The molecule has 2 heterocycles. The summed E-state index contributed by atoms with van der Waals surface area (Å²) < 4.78 is 0. The predicted octanol–water partition coefficient (Wildman–Crippen LogP) is 2.80. The van der Waals surface area contributed by atoms with E-state index in [0.29, 0.717) is 11.7 Å². The Morgan fingerprint density at radius 2 is 2.15 bits per heavy atom. The van der Waals surface area contributed by atoms with Crippen LogP contribution in [0.5, 0.6) is 0 Å². The van der Waals surface area contributed by atoms with E-state index in [4.69, 9.17) is 0 Å². The standard InChI is InChI=1S/C14H17N5O/c1-9(20)14-15-7-6-12(17-14)16-13-8-11(18-19-13)10-4-2-3-5-10/h6-8,10H,2-5H2,1H3,(H2,15,16,17,18,19). The van der Waals surface area contributed by atoms with Gasteiger partial charge in [0.1, 0.15) is 5.82 Å². The van der Waals surface area contributed by atoms with E-state index in [0.717, 1.165) is 5.82 Å². The lowest BCUT2D eigenvalue weighted by molar-refractivity contribution is 0.100. The van der Waals surface area contributed by atoms with Gasteiger partial charge in [0.15, 0.2) is 17.4 Å². The third-order valence-corrected chi connectivity index (χ3v) is 3.62. The predicted molar refractivity (Wildman–Crippen MR) is 75.1 cm³/mol. The summed E-state index contributed by atoms with van der Waals surface area (Å²) in [7, 11) is 0. The molecule has 0 amide bonds. The summed E-state index contributed by atoms with van der Waals surface area (Å²) in [6.07, 6.45) is 6.60. The third kappa shape index (κ3) is 2.68. The average molecular weight is 271 g/mol. The second-order valence-electron chi connectivity index (χ2n) is 5.14. The highest BCUT2D eigenvalue weighted by atomic mass is 16.1. The Morgan fingerprint density at radius 1 is 1.35 bits per heavy atom. The summed E-state index contributed by atoms with van der Waals surface area (Å²) in [5.41, 5.74) is 1.17. The van der Waals surface area contributed by atoms with Crippen LogP contribution in [0.4, 0.5) is 11.6 Å². The van der Waals surface area contributed by atoms with Gasteiger partial charge in [-0.3, -0.25) is 9.89 Å². The normalized spacial score (nSPS) is 15.4. The first kappa shape index (κ1) is 12.8. The van der Waals surface area contributed by atoms with Crippen molar-refractivity contribution in [1.29, 1.82) is 0 Å². The van der Waals surface area contributed by atoms with Crippen LogP contribution in [0.1, 0.15) is 54.8 Å². The minimum absolute atomic E-state index is 0.151. The first-order chi connectivity index (χ1) is 9.72. The lowest BCUT2D eigenvalue weighted by Gasteiger charge is -2.04. The van der Waals surface area contributed by atoms with Gasteiger partial charge in [0.2, 0.25) is 0 Å². The third-order valence-electron chi connectivity index (χ3n) is 3.62. The van der Waals surface area contributed by atoms with Gasteiger partial charge in [0, 0.05) is 30.8 Å². The van der Waals surface area contributed by atoms with Crippen molar-refractivity contribution in [2.24, 2.45) is 0 Å². The Bertz CT molecular complexity index is 616. The molecule has 2 N–H and O–H groups in total. The smallest absolute Gasteiger partial charge is 0.197 e. The largest absolute Gasteiger partial charge is 0.323 e. The maximum absolute atomic E-state index is 11.3. The summed E-state index contributed by atoms with van der Waals surface area (Å²) in [6, 6.07) is 3.74. The van der Waals surface area contributed by atoms with E-state index in [-0.39, 0.29) is 11.6 Å². The summed E-state index contributed by atoms with van der Waals surface area (Å²) in [4.78, 5) is 19.3. The Hall–Kier alpha value is -2.24. The molecule has 1 saturated carbocycles. The number of Topliss-reactive ketones (excluding diaryl/α,β-unsaturated/α-hetero) is 1. The number of carbonyl (C=O) groups is 1. The molecule has 0 radical (unpaired) electrons. The number of nitrogens with zero attached hydrogens (tertiary/aromatic N) is 3. The highest BCUT2D eigenvalue weighted by Crippen LogP contribution is 2.33.